The maximum absolute atomic E-state index is 10.2. The minimum atomic E-state index is -0.418. The van der Waals surface area contributed by atoms with Gasteiger partial charge in [-0.2, -0.15) is 0 Å². The van der Waals surface area contributed by atoms with Crippen molar-refractivity contribution in [1.82, 2.24) is 0 Å². The van der Waals surface area contributed by atoms with Crippen molar-refractivity contribution < 1.29 is 29.1 Å². The summed E-state index contributed by atoms with van der Waals surface area (Å²) >= 11 is -0.418. The molecule has 0 heterocycles. The summed E-state index contributed by atoms with van der Waals surface area (Å²) in [6.07, 6.45) is 1.23. The second-order valence-corrected chi connectivity index (χ2v) is 1.89. The van der Waals surface area contributed by atoms with Crippen molar-refractivity contribution >= 4 is 16.3 Å². The van der Waals surface area contributed by atoms with Gasteiger partial charge in [0.05, 0.1) is 0 Å². The molecule has 0 N–H and O–H groups in total. The molecule has 0 amide bonds. The van der Waals surface area contributed by atoms with Crippen LogP contribution in [0.4, 0.5) is 4.79 Å². The van der Waals surface area contributed by atoms with Crippen molar-refractivity contribution in [2.75, 3.05) is 6.73 Å². The zero-order valence-corrected chi connectivity index (χ0v) is 5.77. The zero-order chi connectivity index (χ0) is 7.11. The average molecular weight is 166 g/mol. The quantitative estimate of drug-likeness (QED) is 0.435. The van der Waals surface area contributed by atoms with E-state index in [1.807, 2.05) is 0 Å². The van der Waals surface area contributed by atoms with Gasteiger partial charge in [-0.3, -0.25) is 0 Å². The molecule has 5 heteroatoms. The van der Waals surface area contributed by atoms with Crippen LogP contribution in [-0.4, -0.2) is 23.0 Å². The van der Waals surface area contributed by atoms with Crippen LogP contribution in [0.5, 0.6) is 0 Å². The maximum atomic E-state index is 10.2. The van der Waals surface area contributed by atoms with E-state index in [1.54, 1.807) is 0 Å². The average Bonchev–Trinajstić information content (AvgIpc) is 1.89. The van der Waals surface area contributed by atoms with E-state index in [0.29, 0.717) is 0 Å². The van der Waals surface area contributed by atoms with Crippen molar-refractivity contribution in [3.63, 3.8) is 0 Å². The fourth-order valence-corrected chi connectivity index (χ4v) is 0.365. The van der Waals surface area contributed by atoms with E-state index in [9.17, 15) is 9.59 Å². The number of rotatable bonds is 3. The van der Waals surface area contributed by atoms with E-state index < -0.39 is 19.6 Å². The predicted octanol–water partition coefficient (Wildman–Crippen LogP) is -0.0692. The Morgan fingerprint density at radius 3 is 3.00 bits per heavy atom. The molecular formula is C4H4CrNO3. The van der Waals surface area contributed by atoms with E-state index in [-0.39, 0.29) is 6.73 Å². The second kappa shape index (κ2) is 5.39. The van der Waals surface area contributed by atoms with Gasteiger partial charge < -0.3 is 0 Å². The molecule has 0 bridgehead atoms. The van der Waals surface area contributed by atoms with Crippen LogP contribution >= 0.6 is 0 Å². The third-order valence-electron chi connectivity index (χ3n) is 0.429. The Morgan fingerprint density at radius 2 is 2.56 bits per heavy atom. The number of isocyanates is 1. The van der Waals surface area contributed by atoms with Gasteiger partial charge in [-0.05, 0) is 0 Å². The summed E-state index contributed by atoms with van der Waals surface area (Å²) in [6.45, 7) is -0.237. The molecule has 0 saturated heterocycles. The van der Waals surface area contributed by atoms with E-state index >= 15 is 0 Å². The van der Waals surface area contributed by atoms with Crippen molar-refractivity contribution in [3.8, 4) is 0 Å². The topological polar surface area (TPSA) is 55.7 Å². The van der Waals surface area contributed by atoms with Gasteiger partial charge in [0, 0.05) is 0 Å². The van der Waals surface area contributed by atoms with Crippen molar-refractivity contribution in [1.29, 1.82) is 0 Å². The molecule has 0 aromatic carbocycles. The molecule has 0 aliphatic carbocycles. The van der Waals surface area contributed by atoms with E-state index in [1.165, 1.54) is 6.08 Å². The zero-order valence-electron chi connectivity index (χ0n) is 4.49. The van der Waals surface area contributed by atoms with Crippen LogP contribution in [0.15, 0.2) is 4.99 Å². The van der Waals surface area contributed by atoms with Crippen molar-refractivity contribution in [2.45, 2.75) is 0 Å². The first-order chi connectivity index (χ1) is 4.31. The minimum absolute atomic E-state index is 0.237. The van der Waals surface area contributed by atoms with Crippen LogP contribution in [-0.2, 0) is 24.3 Å². The van der Waals surface area contributed by atoms with Crippen molar-refractivity contribution in [2.24, 2.45) is 4.99 Å². The molecule has 0 rings (SSSR count). The van der Waals surface area contributed by atoms with Gasteiger partial charge in [0.25, 0.3) is 0 Å². The summed E-state index contributed by atoms with van der Waals surface area (Å²) in [7, 11) is 0. The molecule has 4 nitrogen and oxygen atoms in total. The fourth-order valence-electron chi connectivity index (χ4n) is 0.153. The molecule has 0 aromatic heterocycles. The number of hydrogen-bond acceptors (Lipinski definition) is 4. The molecule has 49 valence electrons. The summed E-state index contributed by atoms with van der Waals surface area (Å²) in [5, 5.41) is 3.31. The van der Waals surface area contributed by atoms with Crippen LogP contribution in [0.2, 0.25) is 0 Å². The van der Waals surface area contributed by atoms with Crippen LogP contribution < -0.4 is 0 Å². The molecule has 0 atom stereocenters. The van der Waals surface area contributed by atoms with Gasteiger partial charge >= 0.3 is 57.1 Å². The number of carbonyl (C=O) groups excluding carboxylic acids is 2. The molecule has 0 aliphatic rings. The first-order valence-electron chi connectivity index (χ1n) is 1.93. The molecule has 0 spiro atoms. The van der Waals surface area contributed by atoms with E-state index in [0.717, 1.165) is 0 Å². The number of hydrogen-bond donors (Lipinski definition) is 0. The van der Waals surface area contributed by atoms with Crippen LogP contribution in [0, 0.1) is 0 Å². The summed E-state index contributed by atoms with van der Waals surface area (Å²) in [5.74, 6) is 0. The fraction of sp³-hybridized carbons (Fsp3) is 0.250. The first kappa shape index (κ1) is 8.25. The molecule has 0 unspecified atom stereocenters. The monoisotopic (exact) mass is 166 g/mol. The Morgan fingerprint density at radius 1 is 1.89 bits per heavy atom. The molecule has 0 fully saturated rings. The van der Waals surface area contributed by atoms with E-state index in [2.05, 4.69) is 15.1 Å². The number of aliphatic imine (C=N–C) groups is 1. The molecule has 0 aliphatic heterocycles. The van der Waals surface area contributed by atoms with Gasteiger partial charge in [-0.25, -0.2) is 0 Å². The molecule has 0 radical (unpaired) electrons. The Balaban J connectivity index is 3.38. The Labute approximate surface area is 57.8 Å². The summed E-state index contributed by atoms with van der Waals surface area (Å²) in [4.78, 5) is 22.2. The van der Waals surface area contributed by atoms with Crippen LogP contribution in [0.3, 0.4) is 0 Å². The SMILES string of the molecule is [CH2]=[Cr][C](=O)OCN=C=O. The Kier molecular flexibility index (Phi) is 4.94. The Bertz CT molecular complexity index is 161. The summed E-state index contributed by atoms with van der Waals surface area (Å²) in [6, 6.07) is 0. The van der Waals surface area contributed by atoms with Gasteiger partial charge in [0.2, 0.25) is 0 Å². The van der Waals surface area contributed by atoms with Gasteiger partial charge in [0.15, 0.2) is 0 Å². The van der Waals surface area contributed by atoms with Gasteiger partial charge in [-0.1, -0.05) is 0 Å². The second-order valence-electron chi connectivity index (χ2n) is 0.917. The van der Waals surface area contributed by atoms with Crippen molar-refractivity contribution in [3.05, 3.63) is 0 Å². The number of nitrogens with zero attached hydrogens (tertiary/aromatic N) is 1. The van der Waals surface area contributed by atoms with Crippen LogP contribution in [0.25, 0.3) is 0 Å². The van der Waals surface area contributed by atoms with Gasteiger partial charge in [0.1, 0.15) is 0 Å². The number of ether oxygens (including phenoxy) is 1. The predicted molar refractivity (Wildman–Crippen MR) is 26.6 cm³/mol. The Hall–Kier alpha value is -0.748. The third-order valence-corrected chi connectivity index (χ3v) is 0.981. The van der Waals surface area contributed by atoms with E-state index in [4.69, 9.17) is 0 Å². The third kappa shape index (κ3) is 5.12. The van der Waals surface area contributed by atoms with Crippen LogP contribution in [0.1, 0.15) is 0 Å². The number of carbonyl (C=O) groups is 1. The normalized spacial score (nSPS) is 7.11. The molecular weight excluding hydrogens is 162 g/mol. The molecule has 0 saturated carbocycles. The first-order valence-corrected chi connectivity index (χ1v) is 3.47. The summed E-state index contributed by atoms with van der Waals surface area (Å²) < 4.78 is 4.33. The molecule has 0 aromatic rings. The standard InChI is InChI=1S/C3H2NO3.CH2.Cr/c5-1-4-2-7-3-6;;/h2H2;1H2;. The van der Waals surface area contributed by atoms with Gasteiger partial charge in [-0.15, -0.1) is 0 Å². The molecule has 9 heavy (non-hydrogen) atoms. The summed E-state index contributed by atoms with van der Waals surface area (Å²) in [5.41, 5.74) is 0.